The van der Waals surface area contributed by atoms with Gasteiger partial charge in [0.25, 0.3) is 0 Å². The summed E-state index contributed by atoms with van der Waals surface area (Å²) in [5.41, 5.74) is -0.0556. The van der Waals surface area contributed by atoms with Gasteiger partial charge in [0.15, 0.2) is 6.29 Å². The lowest BCUT2D eigenvalue weighted by atomic mass is 10.0. The van der Waals surface area contributed by atoms with Gasteiger partial charge in [0.1, 0.15) is 11.9 Å². The van der Waals surface area contributed by atoms with Crippen LogP contribution in [0.5, 0.6) is 0 Å². The van der Waals surface area contributed by atoms with E-state index in [-0.39, 0.29) is 16.7 Å². The van der Waals surface area contributed by atoms with Gasteiger partial charge in [-0.15, -0.1) is 0 Å². The Balaban J connectivity index is 3.31. The molecule has 0 saturated heterocycles. The number of carbonyl (C=O) groups is 2. The van der Waals surface area contributed by atoms with Crippen molar-refractivity contribution >= 4 is 18.3 Å². The number of carboxylic acid groups (broad SMARTS) is 1. The van der Waals surface area contributed by atoms with Gasteiger partial charge in [-0.2, -0.15) is 5.26 Å². The third-order valence-corrected chi connectivity index (χ3v) is 1.83. The maximum atomic E-state index is 13.1. The molecule has 0 saturated carbocycles. The number of carboxylic acids is 1. The fourth-order valence-corrected chi connectivity index (χ4v) is 1.10. The van der Waals surface area contributed by atoms with Gasteiger partial charge < -0.3 is 5.11 Å². The maximum Gasteiger partial charge on any atom is 0.328 e. The van der Waals surface area contributed by atoms with Gasteiger partial charge in [0.05, 0.1) is 5.56 Å². The SMILES string of the molecule is N#Cc1cc(/C=C/C(=O)O)c(C=O)cc1F. The van der Waals surface area contributed by atoms with E-state index < -0.39 is 11.8 Å². The van der Waals surface area contributed by atoms with E-state index in [0.717, 1.165) is 24.3 Å². The van der Waals surface area contributed by atoms with Gasteiger partial charge in [0, 0.05) is 11.6 Å². The van der Waals surface area contributed by atoms with Crippen LogP contribution in [0.1, 0.15) is 21.5 Å². The second kappa shape index (κ2) is 4.84. The molecule has 0 heterocycles. The Kier molecular flexibility index (Phi) is 3.51. The van der Waals surface area contributed by atoms with Gasteiger partial charge in [0.2, 0.25) is 0 Å². The number of hydrogen-bond donors (Lipinski definition) is 1. The molecule has 1 aromatic carbocycles. The van der Waals surface area contributed by atoms with E-state index in [1.165, 1.54) is 0 Å². The van der Waals surface area contributed by atoms with Crippen LogP contribution in [-0.2, 0) is 4.79 Å². The van der Waals surface area contributed by atoms with Gasteiger partial charge >= 0.3 is 5.97 Å². The molecular weight excluding hydrogens is 213 g/mol. The molecule has 0 fully saturated rings. The van der Waals surface area contributed by atoms with Crippen LogP contribution in [0.2, 0.25) is 0 Å². The van der Waals surface area contributed by atoms with Crippen molar-refractivity contribution in [2.45, 2.75) is 0 Å². The number of benzene rings is 1. The quantitative estimate of drug-likeness (QED) is 0.618. The third kappa shape index (κ3) is 2.51. The van der Waals surface area contributed by atoms with Crippen LogP contribution in [-0.4, -0.2) is 17.4 Å². The lowest BCUT2D eigenvalue weighted by Crippen LogP contribution is -1.94. The molecule has 0 aliphatic rings. The normalized spacial score (nSPS) is 10.0. The minimum atomic E-state index is -1.19. The standard InChI is InChI=1S/C11H6FNO3/c12-10-4-9(6-14)7(1-2-11(15)16)3-8(10)5-13/h1-4,6H,(H,15,16)/b2-1+. The van der Waals surface area contributed by atoms with Crippen molar-refractivity contribution in [3.63, 3.8) is 0 Å². The first-order valence-corrected chi connectivity index (χ1v) is 4.18. The van der Waals surface area contributed by atoms with Crippen LogP contribution in [0.15, 0.2) is 18.2 Å². The Bertz CT molecular complexity index is 515. The first-order valence-electron chi connectivity index (χ1n) is 4.18. The van der Waals surface area contributed by atoms with Crippen LogP contribution < -0.4 is 0 Å². The van der Waals surface area contributed by atoms with Gasteiger partial charge in [-0.3, -0.25) is 4.79 Å². The maximum absolute atomic E-state index is 13.1. The Morgan fingerprint density at radius 3 is 2.62 bits per heavy atom. The van der Waals surface area contributed by atoms with Crippen molar-refractivity contribution < 1.29 is 19.1 Å². The summed E-state index contributed by atoms with van der Waals surface area (Å²) >= 11 is 0. The molecule has 5 heteroatoms. The molecule has 0 unspecified atom stereocenters. The van der Waals surface area contributed by atoms with Crippen LogP contribution in [0.4, 0.5) is 4.39 Å². The minimum Gasteiger partial charge on any atom is -0.478 e. The first kappa shape index (κ1) is 11.6. The number of halogens is 1. The van der Waals surface area contributed by atoms with E-state index in [4.69, 9.17) is 10.4 Å². The van der Waals surface area contributed by atoms with Crippen LogP contribution in [0, 0.1) is 17.1 Å². The molecular formula is C11H6FNO3. The van der Waals surface area contributed by atoms with E-state index in [1.54, 1.807) is 6.07 Å². The zero-order valence-corrected chi connectivity index (χ0v) is 7.98. The smallest absolute Gasteiger partial charge is 0.328 e. The fraction of sp³-hybridized carbons (Fsp3) is 0. The van der Waals surface area contributed by atoms with Gasteiger partial charge in [-0.25, -0.2) is 9.18 Å². The molecule has 1 aromatic rings. The topological polar surface area (TPSA) is 78.2 Å². The lowest BCUT2D eigenvalue weighted by molar-refractivity contribution is -0.131. The molecule has 0 bridgehead atoms. The highest BCUT2D eigenvalue weighted by Crippen LogP contribution is 2.15. The second-order valence-corrected chi connectivity index (χ2v) is 2.86. The van der Waals surface area contributed by atoms with Crippen molar-refractivity contribution in [3.8, 4) is 6.07 Å². The summed E-state index contributed by atoms with van der Waals surface area (Å²) < 4.78 is 13.1. The number of nitrogens with zero attached hydrogens (tertiary/aromatic N) is 1. The summed E-state index contributed by atoms with van der Waals surface area (Å²) in [6.07, 6.45) is 2.33. The monoisotopic (exact) mass is 219 g/mol. The number of aldehydes is 1. The highest BCUT2D eigenvalue weighted by molar-refractivity contribution is 5.89. The van der Waals surface area contributed by atoms with Crippen LogP contribution in [0.3, 0.4) is 0 Å². The molecule has 0 aromatic heterocycles. The average molecular weight is 219 g/mol. The van der Waals surface area contributed by atoms with Gasteiger partial charge in [-0.1, -0.05) is 0 Å². The highest BCUT2D eigenvalue weighted by Gasteiger charge is 2.07. The second-order valence-electron chi connectivity index (χ2n) is 2.86. The molecule has 16 heavy (non-hydrogen) atoms. The van der Waals surface area contributed by atoms with E-state index in [9.17, 15) is 14.0 Å². The predicted molar refractivity (Wildman–Crippen MR) is 53.2 cm³/mol. The average Bonchev–Trinajstić information content (AvgIpc) is 2.26. The molecule has 0 spiro atoms. The van der Waals surface area contributed by atoms with E-state index in [2.05, 4.69) is 0 Å². The molecule has 0 atom stereocenters. The largest absolute Gasteiger partial charge is 0.478 e. The van der Waals surface area contributed by atoms with Crippen molar-refractivity contribution in [2.24, 2.45) is 0 Å². The molecule has 0 radical (unpaired) electrons. The summed E-state index contributed by atoms with van der Waals surface area (Å²) in [4.78, 5) is 20.9. The zero-order valence-electron chi connectivity index (χ0n) is 7.98. The number of nitriles is 1. The molecule has 1 N–H and O–H groups in total. The van der Waals surface area contributed by atoms with Crippen molar-refractivity contribution in [1.29, 1.82) is 5.26 Å². The van der Waals surface area contributed by atoms with Crippen molar-refractivity contribution in [3.05, 3.63) is 40.7 Å². The number of carbonyl (C=O) groups excluding carboxylic acids is 1. The van der Waals surface area contributed by atoms with E-state index in [0.29, 0.717) is 6.29 Å². The number of rotatable bonds is 3. The zero-order chi connectivity index (χ0) is 12.1. The van der Waals surface area contributed by atoms with E-state index >= 15 is 0 Å². The molecule has 4 nitrogen and oxygen atoms in total. The Labute approximate surface area is 90.2 Å². The van der Waals surface area contributed by atoms with Crippen LogP contribution >= 0.6 is 0 Å². The molecule has 80 valence electrons. The number of hydrogen-bond acceptors (Lipinski definition) is 3. The summed E-state index contributed by atoms with van der Waals surface area (Å²) in [6, 6.07) is 3.62. The Hall–Kier alpha value is -2.48. The molecule has 0 aliphatic heterocycles. The van der Waals surface area contributed by atoms with E-state index in [1.807, 2.05) is 0 Å². The van der Waals surface area contributed by atoms with Crippen molar-refractivity contribution in [1.82, 2.24) is 0 Å². The van der Waals surface area contributed by atoms with Crippen LogP contribution in [0.25, 0.3) is 6.08 Å². The predicted octanol–water partition coefficient (Wildman–Crippen LogP) is 1.61. The Morgan fingerprint density at radius 2 is 2.12 bits per heavy atom. The highest BCUT2D eigenvalue weighted by atomic mass is 19.1. The Morgan fingerprint density at radius 1 is 1.44 bits per heavy atom. The third-order valence-electron chi connectivity index (χ3n) is 1.83. The summed E-state index contributed by atoms with van der Waals surface area (Å²) in [7, 11) is 0. The lowest BCUT2D eigenvalue weighted by Gasteiger charge is -2.00. The molecule has 0 amide bonds. The van der Waals surface area contributed by atoms with Crippen molar-refractivity contribution in [2.75, 3.05) is 0 Å². The number of aliphatic carboxylic acids is 1. The fourth-order valence-electron chi connectivity index (χ4n) is 1.10. The minimum absolute atomic E-state index is 0.00556. The molecule has 0 aliphatic carbocycles. The van der Waals surface area contributed by atoms with Gasteiger partial charge in [-0.05, 0) is 23.8 Å². The summed E-state index contributed by atoms with van der Waals surface area (Å²) in [5, 5.41) is 17.0. The first-order chi connectivity index (χ1) is 7.58. The molecule has 1 rings (SSSR count). The summed E-state index contributed by atoms with van der Waals surface area (Å²) in [6.45, 7) is 0. The summed E-state index contributed by atoms with van der Waals surface area (Å²) in [5.74, 6) is -2.00.